The summed E-state index contributed by atoms with van der Waals surface area (Å²) >= 11 is 0. The second kappa shape index (κ2) is 8.89. The van der Waals surface area contributed by atoms with E-state index in [1.54, 1.807) is 12.4 Å². The molecule has 2 aromatic rings. The van der Waals surface area contributed by atoms with Crippen molar-refractivity contribution in [2.75, 3.05) is 38.5 Å². The summed E-state index contributed by atoms with van der Waals surface area (Å²) in [6.07, 6.45) is 5.45. The Labute approximate surface area is 149 Å². The second-order valence-electron chi connectivity index (χ2n) is 6.62. The number of rotatable bonds is 7. The van der Waals surface area contributed by atoms with Crippen LogP contribution in [0.4, 0.5) is 5.95 Å². The van der Waals surface area contributed by atoms with Gasteiger partial charge in [-0.2, -0.15) is 0 Å². The molecule has 25 heavy (non-hydrogen) atoms. The number of nitrogen functional groups attached to an aromatic ring is 1. The lowest BCUT2D eigenvalue weighted by Crippen LogP contribution is -2.53. The smallest absolute Gasteiger partial charge is 0.219 e. The van der Waals surface area contributed by atoms with E-state index < -0.39 is 0 Å². The fourth-order valence-corrected chi connectivity index (χ4v) is 3.44. The van der Waals surface area contributed by atoms with Gasteiger partial charge in [-0.3, -0.25) is 9.80 Å². The Hall–Kier alpha value is -2.02. The van der Waals surface area contributed by atoms with Crippen molar-refractivity contribution in [2.24, 2.45) is 0 Å². The Morgan fingerprint density at radius 2 is 1.84 bits per heavy atom. The average molecular weight is 341 g/mol. The summed E-state index contributed by atoms with van der Waals surface area (Å²) in [4.78, 5) is 13.1. The van der Waals surface area contributed by atoms with Gasteiger partial charge in [-0.1, -0.05) is 30.3 Å². The summed E-state index contributed by atoms with van der Waals surface area (Å²) in [6, 6.07) is 11.0. The minimum absolute atomic E-state index is 0.228. The molecule has 6 nitrogen and oxygen atoms in total. The van der Waals surface area contributed by atoms with Crippen LogP contribution in [0.1, 0.15) is 17.5 Å². The molecule has 1 fully saturated rings. The molecular weight excluding hydrogens is 314 g/mol. The van der Waals surface area contributed by atoms with Crippen LogP contribution in [0.15, 0.2) is 42.7 Å². The number of piperazine rings is 1. The lowest BCUT2D eigenvalue weighted by atomic mass is 10.1. The van der Waals surface area contributed by atoms with E-state index >= 15 is 0 Å². The maximum Gasteiger partial charge on any atom is 0.219 e. The fourth-order valence-electron chi connectivity index (χ4n) is 3.44. The van der Waals surface area contributed by atoms with E-state index in [4.69, 9.17) is 5.73 Å². The monoisotopic (exact) mass is 341 g/mol. The van der Waals surface area contributed by atoms with Crippen molar-refractivity contribution in [1.82, 2.24) is 19.8 Å². The van der Waals surface area contributed by atoms with E-state index in [1.165, 1.54) is 5.56 Å². The molecule has 1 atom stereocenters. The quantitative estimate of drug-likeness (QED) is 0.787. The summed E-state index contributed by atoms with van der Waals surface area (Å²) < 4.78 is 0. The maximum atomic E-state index is 9.45. The summed E-state index contributed by atoms with van der Waals surface area (Å²) in [5.41, 5.74) is 8.00. The van der Waals surface area contributed by atoms with Gasteiger partial charge in [-0.05, 0) is 18.4 Å². The molecule has 0 aliphatic carbocycles. The van der Waals surface area contributed by atoms with Crippen LogP contribution in [-0.4, -0.2) is 63.7 Å². The van der Waals surface area contributed by atoms with E-state index in [-0.39, 0.29) is 6.61 Å². The summed E-state index contributed by atoms with van der Waals surface area (Å²) in [6.45, 7) is 5.09. The number of aromatic nitrogens is 2. The van der Waals surface area contributed by atoms with Gasteiger partial charge in [0.15, 0.2) is 0 Å². The van der Waals surface area contributed by atoms with Crippen LogP contribution in [0.3, 0.4) is 0 Å². The van der Waals surface area contributed by atoms with Gasteiger partial charge in [-0.25, -0.2) is 9.97 Å². The third kappa shape index (κ3) is 5.22. The number of hydrogen-bond donors (Lipinski definition) is 2. The normalized spacial score (nSPS) is 19.2. The highest BCUT2D eigenvalue weighted by Crippen LogP contribution is 2.16. The van der Waals surface area contributed by atoms with Crippen molar-refractivity contribution in [3.8, 4) is 0 Å². The van der Waals surface area contributed by atoms with Gasteiger partial charge in [0.2, 0.25) is 5.95 Å². The number of aliphatic hydroxyl groups excluding tert-OH is 1. The second-order valence-corrected chi connectivity index (χ2v) is 6.62. The topological polar surface area (TPSA) is 78.5 Å². The molecule has 134 valence electrons. The van der Waals surface area contributed by atoms with E-state index in [1.807, 2.05) is 0 Å². The van der Waals surface area contributed by atoms with Crippen LogP contribution in [0.2, 0.25) is 0 Å². The molecule has 0 saturated carbocycles. The first-order valence-corrected chi connectivity index (χ1v) is 8.92. The molecule has 1 aromatic carbocycles. The molecule has 1 aliphatic heterocycles. The third-order valence-corrected chi connectivity index (χ3v) is 4.81. The van der Waals surface area contributed by atoms with E-state index in [0.717, 1.165) is 51.1 Å². The number of nitrogens with zero attached hydrogens (tertiary/aromatic N) is 4. The minimum atomic E-state index is 0.228. The van der Waals surface area contributed by atoms with Gasteiger partial charge < -0.3 is 10.8 Å². The Morgan fingerprint density at radius 1 is 1.08 bits per heavy atom. The fraction of sp³-hybridized carbons (Fsp3) is 0.474. The number of aliphatic hydroxyl groups is 1. The average Bonchev–Trinajstić information content (AvgIpc) is 2.64. The van der Waals surface area contributed by atoms with Gasteiger partial charge >= 0.3 is 0 Å². The molecule has 1 aliphatic rings. The Kier molecular flexibility index (Phi) is 6.33. The molecule has 6 heteroatoms. The number of anilines is 1. The van der Waals surface area contributed by atoms with Gasteiger partial charge in [0.05, 0.1) is 0 Å². The molecule has 3 rings (SSSR count). The lowest BCUT2D eigenvalue weighted by Gasteiger charge is -2.41. The first-order chi connectivity index (χ1) is 12.2. The van der Waals surface area contributed by atoms with Gasteiger partial charge in [0.1, 0.15) is 0 Å². The lowest BCUT2D eigenvalue weighted by molar-refractivity contribution is 0.0561. The Balaban J connectivity index is 1.55. The van der Waals surface area contributed by atoms with Crippen molar-refractivity contribution < 1.29 is 5.11 Å². The van der Waals surface area contributed by atoms with Crippen molar-refractivity contribution in [3.63, 3.8) is 0 Å². The van der Waals surface area contributed by atoms with Crippen LogP contribution in [0.25, 0.3) is 0 Å². The largest absolute Gasteiger partial charge is 0.396 e. The van der Waals surface area contributed by atoms with Gasteiger partial charge in [0.25, 0.3) is 0 Å². The predicted molar refractivity (Wildman–Crippen MR) is 98.9 cm³/mol. The molecule has 0 radical (unpaired) electrons. The van der Waals surface area contributed by atoms with Gasteiger partial charge in [-0.15, -0.1) is 0 Å². The molecule has 0 unspecified atom stereocenters. The zero-order chi connectivity index (χ0) is 17.5. The zero-order valence-corrected chi connectivity index (χ0v) is 14.6. The summed E-state index contributed by atoms with van der Waals surface area (Å²) in [5, 5.41) is 9.45. The molecule has 1 aromatic heterocycles. The van der Waals surface area contributed by atoms with Crippen LogP contribution >= 0.6 is 0 Å². The van der Waals surface area contributed by atoms with Crippen LogP contribution in [0.5, 0.6) is 0 Å². The highest BCUT2D eigenvalue weighted by molar-refractivity contribution is 5.17. The first kappa shape index (κ1) is 17.8. The number of benzene rings is 1. The number of nitrogens with two attached hydrogens (primary N) is 1. The van der Waals surface area contributed by atoms with Crippen LogP contribution in [-0.2, 0) is 13.0 Å². The Morgan fingerprint density at radius 3 is 2.56 bits per heavy atom. The summed E-state index contributed by atoms with van der Waals surface area (Å²) in [5.74, 6) is 0.313. The predicted octanol–water partition coefficient (Wildman–Crippen LogP) is 1.17. The van der Waals surface area contributed by atoms with Crippen LogP contribution < -0.4 is 5.73 Å². The number of hydrogen-bond acceptors (Lipinski definition) is 6. The third-order valence-electron chi connectivity index (χ3n) is 4.81. The summed E-state index contributed by atoms with van der Waals surface area (Å²) in [7, 11) is 0. The van der Waals surface area contributed by atoms with Crippen LogP contribution in [0, 0.1) is 0 Å². The molecule has 1 saturated heterocycles. The van der Waals surface area contributed by atoms with Gasteiger partial charge in [0, 0.05) is 63.3 Å². The maximum absolute atomic E-state index is 9.45. The first-order valence-electron chi connectivity index (χ1n) is 8.92. The Bertz CT molecular complexity index is 634. The van der Waals surface area contributed by atoms with E-state index in [2.05, 4.69) is 50.1 Å². The van der Waals surface area contributed by atoms with Crippen molar-refractivity contribution >= 4 is 5.95 Å². The molecule has 2 heterocycles. The molecule has 3 N–H and O–H groups in total. The SMILES string of the molecule is Nc1ncc(CN2CCN(CCc3ccccc3)[C@@H](CCO)C2)cn1. The van der Waals surface area contributed by atoms with Crippen molar-refractivity contribution in [2.45, 2.75) is 25.4 Å². The highest BCUT2D eigenvalue weighted by Gasteiger charge is 2.26. The molecule has 0 bridgehead atoms. The van der Waals surface area contributed by atoms with Crippen molar-refractivity contribution in [1.29, 1.82) is 0 Å². The molecular formula is C19H27N5O. The van der Waals surface area contributed by atoms with E-state index in [9.17, 15) is 5.11 Å². The van der Waals surface area contributed by atoms with Crippen molar-refractivity contribution in [3.05, 3.63) is 53.9 Å². The molecule has 0 spiro atoms. The van der Waals surface area contributed by atoms with E-state index in [0.29, 0.717) is 12.0 Å². The highest BCUT2D eigenvalue weighted by atomic mass is 16.3. The minimum Gasteiger partial charge on any atom is -0.396 e. The zero-order valence-electron chi connectivity index (χ0n) is 14.6. The standard InChI is InChI=1S/C19H27N5O/c20-19-21-12-17(13-22-19)14-23-9-10-24(18(15-23)7-11-25)8-6-16-4-2-1-3-5-16/h1-5,12-13,18,25H,6-11,14-15H2,(H2,20,21,22)/t18-/m0/s1. The molecule has 0 amide bonds.